The molecule has 0 aromatic heterocycles. The molecule has 1 aliphatic carbocycles. The fourth-order valence-corrected chi connectivity index (χ4v) is 4.02. The lowest BCUT2D eigenvalue weighted by molar-refractivity contribution is -0.202. The molecule has 1 aromatic rings. The quantitative estimate of drug-likeness (QED) is 0.918. The van der Waals surface area contributed by atoms with Crippen molar-refractivity contribution >= 4 is 17.5 Å². The Morgan fingerprint density at radius 1 is 1.48 bits per heavy atom. The highest BCUT2D eigenvalue weighted by atomic mass is 35.5. The number of aliphatic hydroxyl groups is 1. The van der Waals surface area contributed by atoms with Crippen LogP contribution < -0.4 is 0 Å². The van der Waals surface area contributed by atoms with E-state index < -0.39 is 5.82 Å². The fourth-order valence-electron chi connectivity index (χ4n) is 3.82. The Labute approximate surface area is 140 Å². The fraction of sp³-hybridized carbons (Fsp3) is 0.588. The first-order valence-electron chi connectivity index (χ1n) is 7.89. The molecule has 1 heterocycles. The first kappa shape index (κ1) is 16.7. The number of methoxy groups -OCH3 is 1. The first-order chi connectivity index (χ1) is 11.0. The number of likely N-dealkylation sites (tertiary alicyclic amines) is 1. The molecule has 0 radical (unpaired) electrons. The standard InChI is InChI=1S/C17H21ClFNO3/c1-23-15-10-14(21)17(15)4-6-20(7-5-17)16(22)9-11-2-3-13(19)12(18)8-11/h2-3,8,14-15,21H,4-7,9-10H2,1H3/t14-,15+/m1/s1. The van der Waals surface area contributed by atoms with Crippen molar-refractivity contribution in [3.8, 4) is 0 Å². The zero-order valence-electron chi connectivity index (χ0n) is 13.1. The maximum atomic E-state index is 13.2. The minimum atomic E-state index is -0.479. The summed E-state index contributed by atoms with van der Waals surface area (Å²) in [6.07, 6.45) is 2.15. The molecular formula is C17H21ClFNO3. The van der Waals surface area contributed by atoms with Gasteiger partial charge in [-0.3, -0.25) is 4.79 Å². The Hall–Kier alpha value is -1.17. The van der Waals surface area contributed by atoms with Crippen LogP contribution in [0.25, 0.3) is 0 Å². The van der Waals surface area contributed by atoms with Crippen molar-refractivity contribution in [2.75, 3.05) is 20.2 Å². The molecule has 0 bridgehead atoms. The normalized spacial score (nSPS) is 26.2. The van der Waals surface area contributed by atoms with Gasteiger partial charge in [0.2, 0.25) is 5.91 Å². The van der Waals surface area contributed by atoms with Crippen LogP contribution in [0.1, 0.15) is 24.8 Å². The Kier molecular flexibility index (Phi) is 4.63. The number of piperidine rings is 1. The van der Waals surface area contributed by atoms with Crippen molar-refractivity contribution in [2.45, 2.75) is 37.9 Å². The molecule has 23 heavy (non-hydrogen) atoms. The van der Waals surface area contributed by atoms with Gasteiger partial charge >= 0.3 is 0 Å². The van der Waals surface area contributed by atoms with E-state index in [2.05, 4.69) is 0 Å². The molecule has 3 rings (SSSR count). The molecule has 6 heteroatoms. The number of ether oxygens (including phenoxy) is 1. The van der Waals surface area contributed by atoms with Gasteiger partial charge < -0.3 is 14.7 Å². The molecule has 1 spiro atoms. The third kappa shape index (κ3) is 2.97. The number of hydrogen-bond acceptors (Lipinski definition) is 3. The summed E-state index contributed by atoms with van der Waals surface area (Å²) in [4.78, 5) is 14.2. The van der Waals surface area contributed by atoms with E-state index in [1.165, 1.54) is 12.1 Å². The zero-order valence-corrected chi connectivity index (χ0v) is 13.9. The molecule has 1 saturated heterocycles. The lowest BCUT2D eigenvalue weighted by atomic mass is 9.58. The topological polar surface area (TPSA) is 49.8 Å². The summed E-state index contributed by atoms with van der Waals surface area (Å²) in [6.45, 7) is 1.23. The molecule has 0 unspecified atom stereocenters. The second-order valence-electron chi connectivity index (χ2n) is 6.52. The Morgan fingerprint density at radius 3 is 2.74 bits per heavy atom. The predicted octanol–water partition coefficient (Wildman–Crippen LogP) is 2.41. The zero-order chi connectivity index (χ0) is 16.6. The molecule has 126 valence electrons. The number of amides is 1. The van der Waals surface area contributed by atoms with Crippen molar-refractivity contribution in [1.29, 1.82) is 0 Å². The number of halogens is 2. The molecule has 1 saturated carbocycles. The van der Waals surface area contributed by atoms with E-state index in [4.69, 9.17) is 16.3 Å². The minimum absolute atomic E-state index is 0.00491. The van der Waals surface area contributed by atoms with E-state index in [0.717, 1.165) is 12.8 Å². The maximum absolute atomic E-state index is 13.2. The van der Waals surface area contributed by atoms with Crippen LogP contribution >= 0.6 is 11.6 Å². The van der Waals surface area contributed by atoms with E-state index in [0.29, 0.717) is 25.1 Å². The highest BCUT2D eigenvalue weighted by Crippen LogP contribution is 2.50. The van der Waals surface area contributed by atoms with E-state index in [1.54, 1.807) is 18.1 Å². The molecule has 1 aliphatic heterocycles. The monoisotopic (exact) mass is 341 g/mol. The highest BCUT2D eigenvalue weighted by molar-refractivity contribution is 6.30. The van der Waals surface area contributed by atoms with Gasteiger partial charge in [-0.1, -0.05) is 17.7 Å². The average molecular weight is 342 g/mol. The maximum Gasteiger partial charge on any atom is 0.226 e. The van der Waals surface area contributed by atoms with Crippen LogP contribution in [-0.4, -0.2) is 48.3 Å². The number of rotatable bonds is 3. The molecular weight excluding hydrogens is 321 g/mol. The SMILES string of the molecule is CO[C@H]1C[C@@H](O)C12CCN(C(=O)Cc1ccc(F)c(Cl)c1)CC2. The number of hydrogen-bond donors (Lipinski definition) is 1. The summed E-state index contributed by atoms with van der Waals surface area (Å²) >= 11 is 5.75. The summed E-state index contributed by atoms with van der Waals surface area (Å²) in [6, 6.07) is 4.36. The van der Waals surface area contributed by atoms with Gasteiger partial charge in [0.25, 0.3) is 0 Å². The van der Waals surface area contributed by atoms with E-state index in [1.807, 2.05) is 0 Å². The van der Waals surface area contributed by atoms with Crippen LogP contribution in [0.4, 0.5) is 4.39 Å². The van der Waals surface area contributed by atoms with Crippen molar-refractivity contribution in [3.63, 3.8) is 0 Å². The average Bonchev–Trinajstić information content (AvgIpc) is 2.55. The Balaban J connectivity index is 1.59. The van der Waals surface area contributed by atoms with Gasteiger partial charge in [0.1, 0.15) is 5.82 Å². The summed E-state index contributed by atoms with van der Waals surface area (Å²) in [7, 11) is 1.67. The number of aliphatic hydroxyl groups excluding tert-OH is 1. The Bertz CT molecular complexity index is 602. The predicted molar refractivity (Wildman–Crippen MR) is 84.8 cm³/mol. The van der Waals surface area contributed by atoms with Gasteiger partial charge in [0.15, 0.2) is 0 Å². The van der Waals surface area contributed by atoms with Crippen LogP contribution in [0, 0.1) is 11.2 Å². The molecule has 2 aliphatic rings. The van der Waals surface area contributed by atoms with E-state index in [-0.39, 0.29) is 35.0 Å². The second kappa shape index (κ2) is 6.38. The third-order valence-corrected chi connectivity index (χ3v) is 5.70. The number of nitrogens with zero attached hydrogens (tertiary/aromatic N) is 1. The largest absolute Gasteiger partial charge is 0.392 e. The van der Waals surface area contributed by atoms with Crippen molar-refractivity contribution in [1.82, 2.24) is 4.90 Å². The van der Waals surface area contributed by atoms with Crippen LogP contribution in [0.3, 0.4) is 0 Å². The molecule has 2 atom stereocenters. The molecule has 1 aromatic carbocycles. The summed E-state index contributed by atoms with van der Waals surface area (Å²) in [5.74, 6) is -0.474. The summed E-state index contributed by atoms with van der Waals surface area (Å²) < 4.78 is 18.6. The van der Waals surface area contributed by atoms with Crippen LogP contribution in [0.15, 0.2) is 18.2 Å². The Morgan fingerprint density at radius 2 is 2.17 bits per heavy atom. The van der Waals surface area contributed by atoms with E-state index >= 15 is 0 Å². The lowest BCUT2D eigenvalue weighted by Crippen LogP contribution is -2.62. The third-order valence-electron chi connectivity index (χ3n) is 5.41. The van der Waals surface area contributed by atoms with Crippen molar-refractivity contribution < 1.29 is 19.0 Å². The molecule has 1 N–H and O–H groups in total. The van der Waals surface area contributed by atoms with Crippen molar-refractivity contribution in [2.24, 2.45) is 5.41 Å². The van der Waals surface area contributed by atoms with Gasteiger partial charge in [-0.15, -0.1) is 0 Å². The lowest BCUT2D eigenvalue weighted by Gasteiger charge is -2.56. The van der Waals surface area contributed by atoms with Crippen LogP contribution in [-0.2, 0) is 16.0 Å². The summed E-state index contributed by atoms with van der Waals surface area (Å²) in [5.41, 5.74) is 0.519. The van der Waals surface area contributed by atoms with Crippen LogP contribution in [0.2, 0.25) is 5.02 Å². The van der Waals surface area contributed by atoms with Gasteiger partial charge in [-0.05, 0) is 30.5 Å². The molecule has 2 fully saturated rings. The first-order valence-corrected chi connectivity index (χ1v) is 8.26. The number of benzene rings is 1. The molecule has 4 nitrogen and oxygen atoms in total. The van der Waals surface area contributed by atoms with Gasteiger partial charge in [-0.25, -0.2) is 4.39 Å². The number of carbonyl (C=O) groups excluding carboxylic acids is 1. The van der Waals surface area contributed by atoms with E-state index in [9.17, 15) is 14.3 Å². The van der Waals surface area contributed by atoms with Crippen LogP contribution in [0.5, 0.6) is 0 Å². The van der Waals surface area contributed by atoms with Gasteiger partial charge in [0, 0.05) is 32.0 Å². The summed E-state index contributed by atoms with van der Waals surface area (Å²) in [5, 5.41) is 10.1. The van der Waals surface area contributed by atoms with Gasteiger partial charge in [-0.2, -0.15) is 0 Å². The minimum Gasteiger partial charge on any atom is -0.392 e. The second-order valence-corrected chi connectivity index (χ2v) is 6.92. The molecule has 1 amide bonds. The number of carbonyl (C=O) groups is 1. The smallest absolute Gasteiger partial charge is 0.226 e. The highest BCUT2D eigenvalue weighted by Gasteiger charge is 2.56. The van der Waals surface area contributed by atoms with Gasteiger partial charge in [0.05, 0.1) is 23.7 Å². The van der Waals surface area contributed by atoms with Crippen molar-refractivity contribution in [3.05, 3.63) is 34.6 Å².